The van der Waals surface area contributed by atoms with Crippen LogP contribution in [0.5, 0.6) is 0 Å². The molecule has 12 heavy (non-hydrogen) atoms. The van der Waals surface area contributed by atoms with E-state index in [1.165, 1.54) is 23.1 Å². The molecule has 0 N–H and O–H groups in total. The smallest absolute Gasteiger partial charge is 0.00579 e. The van der Waals surface area contributed by atoms with E-state index in [-0.39, 0.29) is 0 Å². The van der Waals surface area contributed by atoms with Gasteiger partial charge in [0.05, 0.1) is 0 Å². The summed E-state index contributed by atoms with van der Waals surface area (Å²) in [5, 5.41) is 0. The molecule has 1 aliphatic carbocycles. The van der Waals surface area contributed by atoms with Crippen LogP contribution in [0, 0.1) is 0 Å². The quantitative estimate of drug-likeness (QED) is 0.588. The van der Waals surface area contributed by atoms with Gasteiger partial charge in [-0.2, -0.15) is 0 Å². The maximum absolute atomic E-state index is 2.30. The molecule has 0 fully saturated rings. The highest BCUT2D eigenvalue weighted by Crippen LogP contribution is 2.27. The van der Waals surface area contributed by atoms with Crippen molar-refractivity contribution in [1.29, 1.82) is 0 Å². The average molecular weight is 158 g/mol. The van der Waals surface area contributed by atoms with Gasteiger partial charge >= 0.3 is 0 Å². The molecule has 0 heteroatoms. The number of fused-ring (bicyclic) bond motifs is 1. The SMILES string of the molecule is CCc1cccc2c1CC(C)=C2. The lowest BCUT2D eigenvalue weighted by atomic mass is 10.0. The molecular weight excluding hydrogens is 144 g/mol. The predicted molar refractivity (Wildman–Crippen MR) is 53.2 cm³/mol. The summed E-state index contributed by atoms with van der Waals surface area (Å²) in [6.07, 6.45) is 4.62. The Bertz CT molecular complexity index is 332. The van der Waals surface area contributed by atoms with E-state index < -0.39 is 0 Å². The summed E-state index contributed by atoms with van der Waals surface area (Å²) < 4.78 is 0. The summed E-state index contributed by atoms with van der Waals surface area (Å²) in [4.78, 5) is 0. The summed E-state index contributed by atoms with van der Waals surface area (Å²) in [6, 6.07) is 6.61. The predicted octanol–water partition coefficient (Wildman–Crippen LogP) is 3.21. The number of rotatable bonds is 1. The minimum Gasteiger partial charge on any atom is -0.0683 e. The monoisotopic (exact) mass is 158 g/mol. The lowest BCUT2D eigenvalue weighted by Crippen LogP contribution is -1.91. The van der Waals surface area contributed by atoms with Crippen LogP contribution < -0.4 is 0 Å². The Morgan fingerprint density at radius 1 is 1.33 bits per heavy atom. The van der Waals surface area contributed by atoms with Crippen LogP contribution in [0.25, 0.3) is 6.08 Å². The molecule has 62 valence electrons. The van der Waals surface area contributed by atoms with Crippen molar-refractivity contribution in [2.75, 3.05) is 0 Å². The fourth-order valence-corrected chi connectivity index (χ4v) is 1.93. The number of benzene rings is 1. The molecule has 1 aromatic carbocycles. The summed E-state index contributed by atoms with van der Waals surface area (Å²) >= 11 is 0. The third-order valence-corrected chi connectivity index (χ3v) is 2.55. The van der Waals surface area contributed by atoms with Gasteiger partial charge in [-0.3, -0.25) is 0 Å². The van der Waals surface area contributed by atoms with Gasteiger partial charge < -0.3 is 0 Å². The zero-order valence-corrected chi connectivity index (χ0v) is 7.72. The lowest BCUT2D eigenvalue weighted by molar-refractivity contribution is 1.06. The third kappa shape index (κ3) is 1.08. The first-order valence-electron chi connectivity index (χ1n) is 4.59. The Balaban J connectivity index is 2.51. The summed E-state index contributed by atoms with van der Waals surface area (Å²) in [5.41, 5.74) is 6.00. The number of allylic oxidation sites excluding steroid dienone is 1. The Hall–Kier alpha value is -1.04. The van der Waals surface area contributed by atoms with Crippen LogP contribution in [0.3, 0.4) is 0 Å². The van der Waals surface area contributed by atoms with Crippen molar-refractivity contribution in [1.82, 2.24) is 0 Å². The Kier molecular flexibility index (Phi) is 1.76. The minimum atomic E-state index is 1.16. The molecular formula is C12H14. The molecule has 0 radical (unpaired) electrons. The zero-order valence-electron chi connectivity index (χ0n) is 7.72. The van der Waals surface area contributed by atoms with Gasteiger partial charge in [0, 0.05) is 0 Å². The van der Waals surface area contributed by atoms with Gasteiger partial charge in [0.15, 0.2) is 0 Å². The zero-order chi connectivity index (χ0) is 8.55. The Morgan fingerprint density at radius 2 is 2.17 bits per heavy atom. The average Bonchev–Trinajstić information content (AvgIpc) is 2.44. The Labute approximate surface area is 73.9 Å². The van der Waals surface area contributed by atoms with Crippen molar-refractivity contribution in [2.45, 2.75) is 26.7 Å². The highest BCUT2D eigenvalue weighted by atomic mass is 14.2. The number of hydrogen-bond acceptors (Lipinski definition) is 0. The van der Waals surface area contributed by atoms with E-state index in [0.717, 1.165) is 6.42 Å². The topological polar surface area (TPSA) is 0 Å². The van der Waals surface area contributed by atoms with Crippen molar-refractivity contribution in [2.24, 2.45) is 0 Å². The van der Waals surface area contributed by atoms with Crippen molar-refractivity contribution in [3.05, 3.63) is 40.5 Å². The maximum Gasteiger partial charge on any atom is -0.00579 e. The number of aryl methyl sites for hydroxylation is 1. The normalized spacial score (nSPS) is 14.3. The molecule has 1 aliphatic rings. The molecule has 0 aliphatic heterocycles. The van der Waals surface area contributed by atoms with Gasteiger partial charge in [-0.1, -0.05) is 36.8 Å². The largest absolute Gasteiger partial charge is 0.0683 e. The van der Waals surface area contributed by atoms with Crippen LogP contribution in [0.15, 0.2) is 23.8 Å². The van der Waals surface area contributed by atoms with Crippen molar-refractivity contribution >= 4 is 6.08 Å². The van der Waals surface area contributed by atoms with Crippen molar-refractivity contribution in [3.8, 4) is 0 Å². The van der Waals surface area contributed by atoms with E-state index in [9.17, 15) is 0 Å². The second-order valence-corrected chi connectivity index (χ2v) is 3.51. The van der Waals surface area contributed by atoms with E-state index in [2.05, 4.69) is 38.1 Å². The van der Waals surface area contributed by atoms with Crippen LogP contribution in [0.4, 0.5) is 0 Å². The maximum atomic E-state index is 2.30. The van der Waals surface area contributed by atoms with Crippen molar-refractivity contribution < 1.29 is 0 Å². The molecule has 2 rings (SSSR count). The van der Waals surface area contributed by atoms with Crippen molar-refractivity contribution in [3.63, 3.8) is 0 Å². The van der Waals surface area contributed by atoms with Crippen LogP contribution in [0.1, 0.15) is 30.5 Å². The molecule has 0 atom stereocenters. The Morgan fingerprint density at radius 3 is 2.92 bits per heavy atom. The van der Waals surface area contributed by atoms with E-state index in [4.69, 9.17) is 0 Å². The third-order valence-electron chi connectivity index (χ3n) is 2.55. The highest BCUT2D eigenvalue weighted by molar-refractivity contribution is 5.64. The van der Waals surface area contributed by atoms with E-state index >= 15 is 0 Å². The van der Waals surface area contributed by atoms with Crippen LogP contribution >= 0.6 is 0 Å². The second kappa shape index (κ2) is 2.78. The first-order chi connectivity index (χ1) is 5.81. The van der Waals surface area contributed by atoms with Crippen LogP contribution in [0.2, 0.25) is 0 Å². The van der Waals surface area contributed by atoms with Gasteiger partial charge in [-0.15, -0.1) is 0 Å². The first-order valence-corrected chi connectivity index (χ1v) is 4.59. The molecule has 0 nitrogen and oxygen atoms in total. The highest BCUT2D eigenvalue weighted by Gasteiger charge is 2.11. The molecule has 1 aromatic rings. The molecule has 0 saturated carbocycles. The molecule has 0 unspecified atom stereocenters. The molecule has 0 amide bonds. The van der Waals surface area contributed by atoms with E-state index in [0.29, 0.717) is 0 Å². The first kappa shape index (κ1) is 7.60. The second-order valence-electron chi connectivity index (χ2n) is 3.51. The van der Waals surface area contributed by atoms with Crippen LogP contribution in [-0.2, 0) is 12.8 Å². The molecule has 0 saturated heterocycles. The molecule has 0 aromatic heterocycles. The van der Waals surface area contributed by atoms with Gasteiger partial charge in [0.2, 0.25) is 0 Å². The number of hydrogen-bond donors (Lipinski definition) is 0. The molecule has 0 bridgehead atoms. The molecule has 0 spiro atoms. The minimum absolute atomic E-state index is 1.16. The van der Waals surface area contributed by atoms with E-state index in [1.54, 1.807) is 5.56 Å². The summed E-state index contributed by atoms with van der Waals surface area (Å²) in [5.74, 6) is 0. The summed E-state index contributed by atoms with van der Waals surface area (Å²) in [6.45, 7) is 4.43. The van der Waals surface area contributed by atoms with Gasteiger partial charge in [0.1, 0.15) is 0 Å². The van der Waals surface area contributed by atoms with Crippen LogP contribution in [-0.4, -0.2) is 0 Å². The standard InChI is InChI=1S/C12H14/c1-3-10-5-4-6-11-7-9(2)8-12(10)11/h4-7H,3,8H2,1-2H3. The fourth-order valence-electron chi connectivity index (χ4n) is 1.93. The lowest BCUT2D eigenvalue weighted by Gasteiger charge is -2.04. The fraction of sp³-hybridized carbons (Fsp3) is 0.333. The van der Waals surface area contributed by atoms with Gasteiger partial charge in [-0.05, 0) is 36.5 Å². The summed E-state index contributed by atoms with van der Waals surface area (Å²) in [7, 11) is 0. The van der Waals surface area contributed by atoms with E-state index in [1.807, 2.05) is 0 Å². The van der Waals surface area contributed by atoms with Gasteiger partial charge in [-0.25, -0.2) is 0 Å². The van der Waals surface area contributed by atoms with Gasteiger partial charge in [0.25, 0.3) is 0 Å². The molecule has 0 heterocycles.